The fourth-order valence-electron chi connectivity index (χ4n) is 4.10. The standard InChI is InChI=1S/C25H24N4O2/c30-25(19-7-3-9-21(14-19)31-17-18-6-4-12-26-15-18)29-13-5-8-20(16-29)24-27-22-10-1-2-11-23(22)28-24/h1-4,6-7,9-12,14-15,20H,5,8,13,16-17H2,(H,27,28)/t20-/m1/s1. The summed E-state index contributed by atoms with van der Waals surface area (Å²) < 4.78 is 5.87. The van der Waals surface area contributed by atoms with Gasteiger partial charge in [0, 0.05) is 42.5 Å². The number of hydrogen-bond acceptors (Lipinski definition) is 4. The Morgan fingerprint density at radius 3 is 2.94 bits per heavy atom. The first kappa shape index (κ1) is 19.3. The van der Waals surface area contributed by atoms with Gasteiger partial charge in [0.05, 0.1) is 11.0 Å². The number of rotatable bonds is 5. The molecular formula is C25H24N4O2. The van der Waals surface area contributed by atoms with Crippen LogP contribution in [-0.4, -0.2) is 38.8 Å². The molecule has 2 aromatic carbocycles. The van der Waals surface area contributed by atoms with Crippen molar-refractivity contribution < 1.29 is 9.53 Å². The van der Waals surface area contributed by atoms with Gasteiger partial charge in [-0.2, -0.15) is 0 Å². The highest BCUT2D eigenvalue weighted by atomic mass is 16.5. The lowest BCUT2D eigenvalue weighted by Crippen LogP contribution is -2.39. The average Bonchev–Trinajstić information content (AvgIpc) is 3.28. The van der Waals surface area contributed by atoms with Crippen molar-refractivity contribution in [1.82, 2.24) is 19.9 Å². The van der Waals surface area contributed by atoms with Gasteiger partial charge in [-0.1, -0.05) is 24.3 Å². The monoisotopic (exact) mass is 412 g/mol. The summed E-state index contributed by atoms with van der Waals surface area (Å²) >= 11 is 0. The van der Waals surface area contributed by atoms with E-state index in [2.05, 4.69) is 9.97 Å². The van der Waals surface area contributed by atoms with Crippen LogP contribution < -0.4 is 4.74 Å². The lowest BCUT2D eigenvalue weighted by molar-refractivity contribution is 0.0704. The number of carbonyl (C=O) groups is 1. The minimum absolute atomic E-state index is 0.0349. The highest BCUT2D eigenvalue weighted by molar-refractivity contribution is 5.94. The molecule has 0 saturated carbocycles. The van der Waals surface area contributed by atoms with Gasteiger partial charge in [-0.3, -0.25) is 9.78 Å². The number of nitrogens with zero attached hydrogens (tertiary/aromatic N) is 3. The van der Waals surface area contributed by atoms with E-state index >= 15 is 0 Å². The Kier molecular flexibility index (Phi) is 5.35. The van der Waals surface area contributed by atoms with Gasteiger partial charge in [0.15, 0.2) is 0 Å². The second-order valence-electron chi connectivity index (χ2n) is 7.91. The van der Waals surface area contributed by atoms with E-state index in [1.54, 1.807) is 12.4 Å². The van der Waals surface area contributed by atoms with Crippen LogP contribution in [0, 0.1) is 0 Å². The molecule has 0 radical (unpaired) electrons. The van der Waals surface area contributed by atoms with Crippen molar-refractivity contribution in [2.45, 2.75) is 25.4 Å². The topological polar surface area (TPSA) is 71.1 Å². The van der Waals surface area contributed by atoms with Crippen molar-refractivity contribution in [2.24, 2.45) is 0 Å². The molecule has 6 nitrogen and oxygen atoms in total. The fourth-order valence-corrected chi connectivity index (χ4v) is 4.10. The second-order valence-corrected chi connectivity index (χ2v) is 7.91. The zero-order chi connectivity index (χ0) is 21.0. The molecule has 2 aromatic heterocycles. The first-order valence-electron chi connectivity index (χ1n) is 10.6. The predicted molar refractivity (Wildman–Crippen MR) is 119 cm³/mol. The first-order valence-corrected chi connectivity index (χ1v) is 10.6. The molecule has 1 amide bonds. The number of nitrogens with one attached hydrogen (secondary N) is 1. The molecule has 1 saturated heterocycles. The molecule has 31 heavy (non-hydrogen) atoms. The van der Waals surface area contributed by atoms with Gasteiger partial charge < -0.3 is 14.6 Å². The molecule has 5 rings (SSSR count). The summed E-state index contributed by atoms with van der Waals surface area (Å²) in [7, 11) is 0. The van der Waals surface area contributed by atoms with Crippen molar-refractivity contribution >= 4 is 16.9 Å². The molecule has 1 fully saturated rings. The summed E-state index contributed by atoms with van der Waals surface area (Å²) in [4.78, 5) is 27.4. The van der Waals surface area contributed by atoms with Crippen LogP contribution in [-0.2, 0) is 6.61 Å². The zero-order valence-corrected chi connectivity index (χ0v) is 17.2. The molecule has 3 heterocycles. The van der Waals surface area contributed by atoms with Gasteiger partial charge in [-0.25, -0.2) is 4.98 Å². The molecule has 1 aliphatic rings. The Bertz CT molecular complexity index is 1160. The molecule has 0 aliphatic carbocycles. The van der Waals surface area contributed by atoms with Crippen LogP contribution in [0.1, 0.15) is 40.5 Å². The number of carbonyl (C=O) groups excluding carboxylic acids is 1. The predicted octanol–water partition coefficient (Wildman–Crippen LogP) is 4.56. The maximum atomic E-state index is 13.2. The second kappa shape index (κ2) is 8.60. The number of aromatic amines is 1. The van der Waals surface area contributed by atoms with Crippen LogP contribution in [0.5, 0.6) is 5.75 Å². The maximum Gasteiger partial charge on any atom is 0.254 e. The lowest BCUT2D eigenvalue weighted by Gasteiger charge is -2.32. The number of amides is 1. The molecule has 1 atom stereocenters. The normalized spacial score (nSPS) is 16.4. The van der Waals surface area contributed by atoms with Gasteiger partial charge >= 0.3 is 0 Å². The number of ether oxygens (including phenoxy) is 1. The lowest BCUT2D eigenvalue weighted by atomic mass is 9.96. The summed E-state index contributed by atoms with van der Waals surface area (Å²) in [5.74, 6) is 1.90. The molecule has 4 aromatic rings. The smallest absolute Gasteiger partial charge is 0.254 e. The molecule has 1 N–H and O–H groups in total. The summed E-state index contributed by atoms with van der Waals surface area (Å²) in [5.41, 5.74) is 3.65. The molecule has 0 spiro atoms. The number of likely N-dealkylation sites (tertiary alicyclic amines) is 1. The highest BCUT2D eigenvalue weighted by Gasteiger charge is 2.27. The average molecular weight is 412 g/mol. The first-order chi connectivity index (χ1) is 15.3. The Hall–Kier alpha value is -3.67. The Balaban J connectivity index is 1.28. The molecule has 0 bridgehead atoms. The quantitative estimate of drug-likeness (QED) is 0.522. The van der Waals surface area contributed by atoms with Crippen LogP contribution in [0.2, 0.25) is 0 Å². The number of para-hydroxylation sites is 2. The van der Waals surface area contributed by atoms with Crippen LogP contribution in [0.25, 0.3) is 11.0 Å². The van der Waals surface area contributed by atoms with Crippen molar-refractivity contribution in [3.8, 4) is 5.75 Å². The minimum atomic E-state index is 0.0349. The highest BCUT2D eigenvalue weighted by Crippen LogP contribution is 2.28. The van der Waals surface area contributed by atoms with E-state index in [0.29, 0.717) is 24.5 Å². The Labute approximate surface area is 180 Å². The molecule has 156 valence electrons. The Morgan fingerprint density at radius 2 is 2.06 bits per heavy atom. The number of H-pyrrole nitrogens is 1. The summed E-state index contributed by atoms with van der Waals surface area (Å²) in [6, 6.07) is 19.3. The number of imidazole rings is 1. The Morgan fingerprint density at radius 1 is 1.13 bits per heavy atom. The molecular weight excluding hydrogens is 388 g/mol. The van der Waals surface area contributed by atoms with Gasteiger partial charge in [-0.05, 0) is 49.2 Å². The third-order valence-corrected chi connectivity index (χ3v) is 5.71. The van der Waals surface area contributed by atoms with Crippen molar-refractivity contribution in [2.75, 3.05) is 13.1 Å². The fraction of sp³-hybridized carbons (Fsp3) is 0.240. The van der Waals surface area contributed by atoms with Crippen LogP contribution in [0.3, 0.4) is 0 Å². The van der Waals surface area contributed by atoms with Crippen molar-refractivity contribution in [1.29, 1.82) is 0 Å². The number of fused-ring (bicyclic) bond motifs is 1. The van der Waals surface area contributed by atoms with E-state index in [4.69, 9.17) is 9.72 Å². The molecule has 1 aliphatic heterocycles. The summed E-state index contributed by atoms with van der Waals surface area (Å²) in [5, 5.41) is 0. The van der Waals surface area contributed by atoms with E-state index < -0.39 is 0 Å². The van der Waals surface area contributed by atoms with E-state index in [1.807, 2.05) is 65.6 Å². The third-order valence-electron chi connectivity index (χ3n) is 5.71. The van der Waals surface area contributed by atoms with Gasteiger partial charge in [0.25, 0.3) is 5.91 Å². The van der Waals surface area contributed by atoms with E-state index in [1.165, 1.54) is 0 Å². The SMILES string of the molecule is O=C(c1cccc(OCc2cccnc2)c1)N1CCC[C@@H](c2nc3ccccc3[nH]2)C1. The third kappa shape index (κ3) is 4.28. The molecule has 6 heteroatoms. The number of hydrogen-bond donors (Lipinski definition) is 1. The van der Waals surface area contributed by atoms with E-state index in [0.717, 1.165) is 41.8 Å². The van der Waals surface area contributed by atoms with Crippen LogP contribution in [0.15, 0.2) is 73.1 Å². The largest absolute Gasteiger partial charge is 0.489 e. The number of piperidine rings is 1. The number of pyridine rings is 1. The van der Waals surface area contributed by atoms with Crippen LogP contribution in [0.4, 0.5) is 0 Å². The molecule has 0 unspecified atom stereocenters. The van der Waals surface area contributed by atoms with Gasteiger partial charge in [-0.15, -0.1) is 0 Å². The van der Waals surface area contributed by atoms with Crippen molar-refractivity contribution in [3.63, 3.8) is 0 Å². The van der Waals surface area contributed by atoms with E-state index in [9.17, 15) is 4.79 Å². The number of aromatic nitrogens is 3. The zero-order valence-electron chi connectivity index (χ0n) is 17.2. The number of benzene rings is 2. The minimum Gasteiger partial charge on any atom is -0.489 e. The van der Waals surface area contributed by atoms with Crippen molar-refractivity contribution in [3.05, 3.63) is 90.0 Å². The van der Waals surface area contributed by atoms with Gasteiger partial charge in [0.1, 0.15) is 18.2 Å². The van der Waals surface area contributed by atoms with Gasteiger partial charge in [0.2, 0.25) is 0 Å². The van der Waals surface area contributed by atoms with E-state index in [-0.39, 0.29) is 11.8 Å². The summed E-state index contributed by atoms with van der Waals surface area (Å²) in [6.45, 7) is 1.85. The summed E-state index contributed by atoms with van der Waals surface area (Å²) in [6.07, 6.45) is 5.50. The van der Waals surface area contributed by atoms with Crippen LogP contribution >= 0.6 is 0 Å². The maximum absolute atomic E-state index is 13.2.